The summed E-state index contributed by atoms with van der Waals surface area (Å²) >= 11 is 0. The minimum Gasteiger partial charge on any atom is -0.292 e. The molecule has 1 aromatic carbocycles. The summed E-state index contributed by atoms with van der Waals surface area (Å²) in [6.07, 6.45) is 3.09. The molecule has 0 bridgehead atoms. The van der Waals surface area contributed by atoms with E-state index in [9.17, 15) is 10.1 Å². The van der Waals surface area contributed by atoms with Gasteiger partial charge in [-0.2, -0.15) is 5.26 Å². The van der Waals surface area contributed by atoms with Crippen LogP contribution in [0, 0.1) is 18.3 Å². The summed E-state index contributed by atoms with van der Waals surface area (Å²) in [4.78, 5) is 16.1. The Morgan fingerprint density at radius 1 is 1.33 bits per heavy atom. The van der Waals surface area contributed by atoms with Gasteiger partial charge >= 0.3 is 0 Å². The van der Waals surface area contributed by atoms with Crippen molar-refractivity contribution in [3.63, 3.8) is 0 Å². The first-order valence-corrected chi connectivity index (χ1v) is 5.63. The smallest absolute Gasteiger partial charge is 0.185 e. The number of benzene rings is 1. The number of rotatable bonds is 3. The van der Waals surface area contributed by atoms with Gasteiger partial charge in [-0.15, -0.1) is 0 Å². The third-order valence-corrected chi connectivity index (χ3v) is 2.71. The second-order valence-corrected chi connectivity index (χ2v) is 4.08. The SMILES string of the molecule is Cc1cccc(C(C#N)C(=O)c2cccnc2)c1. The second-order valence-electron chi connectivity index (χ2n) is 4.08. The molecule has 3 nitrogen and oxygen atoms in total. The summed E-state index contributed by atoms with van der Waals surface area (Å²) in [6, 6.07) is 12.9. The Balaban J connectivity index is 2.36. The van der Waals surface area contributed by atoms with E-state index >= 15 is 0 Å². The lowest BCUT2D eigenvalue weighted by Gasteiger charge is -2.09. The van der Waals surface area contributed by atoms with E-state index in [0.29, 0.717) is 5.56 Å². The maximum atomic E-state index is 12.2. The summed E-state index contributed by atoms with van der Waals surface area (Å²) in [5.41, 5.74) is 2.23. The molecule has 1 aromatic heterocycles. The Morgan fingerprint density at radius 3 is 2.78 bits per heavy atom. The normalized spacial score (nSPS) is 11.6. The van der Waals surface area contributed by atoms with Crippen LogP contribution in [0.4, 0.5) is 0 Å². The molecule has 0 amide bonds. The monoisotopic (exact) mass is 236 g/mol. The molecule has 0 aliphatic heterocycles. The summed E-state index contributed by atoms with van der Waals surface area (Å²) < 4.78 is 0. The summed E-state index contributed by atoms with van der Waals surface area (Å²) in [5.74, 6) is -0.981. The molecule has 0 spiro atoms. The molecular weight excluding hydrogens is 224 g/mol. The summed E-state index contributed by atoms with van der Waals surface area (Å²) in [6.45, 7) is 1.94. The number of carbonyl (C=O) groups is 1. The van der Waals surface area contributed by atoms with Crippen LogP contribution in [-0.4, -0.2) is 10.8 Å². The molecule has 2 aromatic rings. The van der Waals surface area contributed by atoms with Crippen molar-refractivity contribution in [3.05, 3.63) is 65.5 Å². The highest BCUT2D eigenvalue weighted by Crippen LogP contribution is 2.20. The maximum Gasteiger partial charge on any atom is 0.185 e. The van der Waals surface area contributed by atoms with Crippen molar-refractivity contribution in [2.24, 2.45) is 0 Å². The second kappa shape index (κ2) is 5.24. The van der Waals surface area contributed by atoms with Gasteiger partial charge in [0.05, 0.1) is 6.07 Å². The van der Waals surface area contributed by atoms with E-state index in [1.54, 1.807) is 24.4 Å². The first-order chi connectivity index (χ1) is 8.72. The number of hydrogen-bond acceptors (Lipinski definition) is 3. The Hall–Kier alpha value is -2.47. The zero-order chi connectivity index (χ0) is 13.0. The molecule has 2 rings (SSSR count). The van der Waals surface area contributed by atoms with Crippen LogP contribution in [0.5, 0.6) is 0 Å². The number of aromatic nitrogens is 1. The van der Waals surface area contributed by atoms with Crippen molar-refractivity contribution in [2.45, 2.75) is 12.8 Å². The van der Waals surface area contributed by atoms with E-state index in [1.807, 2.05) is 25.1 Å². The molecule has 1 heterocycles. The molecule has 0 aliphatic carbocycles. The van der Waals surface area contributed by atoms with Crippen molar-refractivity contribution >= 4 is 5.78 Å². The van der Waals surface area contributed by atoms with Crippen molar-refractivity contribution in [1.29, 1.82) is 5.26 Å². The number of carbonyl (C=O) groups excluding carboxylic acids is 1. The van der Waals surface area contributed by atoms with Gasteiger partial charge in [0.15, 0.2) is 5.78 Å². The highest BCUT2D eigenvalue weighted by Gasteiger charge is 2.21. The van der Waals surface area contributed by atoms with Gasteiger partial charge in [0, 0.05) is 18.0 Å². The summed E-state index contributed by atoms with van der Waals surface area (Å²) in [7, 11) is 0. The maximum absolute atomic E-state index is 12.2. The molecule has 1 atom stereocenters. The molecule has 0 N–H and O–H groups in total. The number of aryl methyl sites for hydroxylation is 1. The standard InChI is InChI=1S/C15H12N2O/c1-11-4-2-5-12(8-11)14(9-16)15(18)13-6-3-7-17-10-13/h2-8,10,14H,1H3. The van der Waals surface area contributed by atoms with E-state index in [4.69, 9.17) is 0 Å². The number of Topliss-reactive ketones (excluding diaryl/α,β-unsaturated/α-hetero) is 1. The van der Waals surface area contributed by atoms with Crippen LogP contribution in [0.3, 0.4) is 0 Å². The van der Waals surface area contributed by atoms with E-state index in [-0.39, 0.29) is 5.78 Å². The third-order valence-electron chi connectivity index (χ3n) is 2.71. The van der Waals surface area contributed by atoms with Gasteiger partial charge in [0.1, 0.15) is 5.92 Å². The Kier molecular flexibility index (Phi) is 3.49. The molecule has 0 saturated carbocycles. The molecule has 88 valence electrons. The molecule has 18 heavy (non-hydrogen) atoms. The van der Waals surface area contributed by atoms with E-state index in [2.05, 4.69) is 11.1 Å². The van der Waals surface area contributed by atoms with E-state index in [0.717, 1.165) is 11.1 Å². The average Bonchev–Trinajstić information content (AvgIpc) is 2.40. The number of hydrogen-bond donors (Lipinski definition) is 0. The number of pyridine rings is 1. The zero-order valence-corrected chi connectivity index (χ0v) is 10.00. The first kappa shape index (κ1) is 12.0. The molecule has 0 radical (unpaired) electrons. The van der Waals surface area contributed by atoms with E-state index < -0.39 is 5.92 Å². The van der Waals surface area contributed by atoms with Crippen molar-refractivity contribution in [3.8, 4) is 6.07 Å². The lowest BCUT2D eigenvalue weighted by molar-refractivity contribution is 0.0978. The topological polar surface area (TPSA) is 53.8 Å². The van der Waals surface area contributed by atoms with Crippen LogP contribution in [0.15, 0.2) is 48.8 Å². The molecule has 0 saturated heterocycles. The van der Waals surface area contributed by atoms with Gasteiger partial charge in [-0.25, -0.2) is 0 Å². The Labute approximate surface area is 106 Å². The van der Waals surface area contributed by atoms with Crippen LogP contribution in [-0.2, 0) is 0 Å². The predicted molar refractivity (Wildman–Crippen MR) is 68.1 cm³/mol. The largest absolute Gasteiger partial charge is 0.292 e. The number of ketones is 1. The Bertz CT molecular complexity index is 599. The lowest BCUT2D eigenvalue weighted by atomic mass is 9.92. The lowest BCUT2D eigenvalue weighted by Crippen LogP contribution is -2.11. The van der Waals surface area contributed by atoms with Gasteiger partial charge in [-0.3, -0.25) is 9.78 Å². The van der Waals surface area contributed by atoms with Gasteiger partial charge < -0.3 is 0 Å². The van der Waals surface area contributed by atoms with Crippen LogP contribution >= 0.6 is 0 Å². The molecule has 0 aliphatic rings. The van der Waals surface area contributed by atoms with Crippen LogP contribution in [0.25, 0.3) is 0 Å². The molecule has 3 heteroatoms. The highest BCUT2D eigenvalue weighted by molar-refractivity contribution is 6.02. The minimum atomic E-state index is -0.769. The van der Waals surface area contributed by atoms with Crippen molar-refractivity contribution in [2.75, 3.05) is 0 Å². The highest BCUT2D eigenvalue weighted by atomic mass is 16.1. The molecular formula is C15H12N2O. The van der Waals surface area contributed by atoms with Crippen LogP contribution < -0.4 is 0 Å². The minimum absolute atomic E-state index is 0.212. The quantitative estimate of drug-likeness (QED) is 0.770. The van der Waals surface area contributed by atoms with Gasteiger partial charge in [0.2, 0.25) is 0 Å². The predicted octanol–water partition coefficient (Wildman–Crippen LogP) is 2.88. The third kappa shape index (κ3) is 2.44. The van der Waals surface area contributed by atoms with Gasteiger partial charge in [-0.1, -0.05) is 29.8 Å². The first-order valence-electron chi connectivity index (χ1n) is 5.63. The fourth-order valence-corrected chi connectivity index (χ4v) is 1.81. The van der Waals surface area contributed by atoms with Crippen LogP contribution in [0.2, 0.25) is 0 Å². The van der Waals surface area contributed by atoms with E-state index in [1.165, 1.54) is 6.20 Å². The zero-order valence-electron chi connectivity index (χ0n) is 10.00. The fraction of sp³-hybridized carbons (Fsp3) is 0.133. The number of nitrogens with zero attached hydrogens (tertiary/aromatic N) is 2. The Morgan fingerprint density at radius 2 is 2.17 bits per heavy atom. The van der Waals surface area contributed by atoms with Crippen molar-refractivity contribution < 1.29 is 4.79 Å². The van der Waals surface area contributed by atoms with Gasteiger partial charge in [0.25, 0.3) is 0 Å². The summed E-state index contributed by atoms with van der Waals surface area (Å²) in [5, 5.41) is 9.21. The number of nitriles is 1. The fourth-order valence-electron chi connectivity index (χ4n) is 1.81. The average molecular weight is 236 g/mol. The van der Waals surface area contributed by atoms with Gasteiger partial charge in [-0.05, 0) is 24.6 Å². The van der Waals surface area contributed by atoms with Crippen LogP contribution in [0.1, 0.15) is 27.4 Å². The molecule has 0 fully saturated rings. The van der Waals surface area contributed by atoms with Crippen molar-refractivity contribution in [1.82, 2.24) is 4.98 Å². The molecule has 1 unspecified atom stereocenters.